The first-order valence-corrected chi connectivity index (χ1v) is 8.34. The highest BCUT2D eigenvalue weighted by molar-refractivity contribution is 6.07. The third kappa shape index (κ3) is 3.80. The fraction of sp³-hybridized carbons (Fsp3) is 0.368. The number of hydrogen-bond acceptors (Lipinski definition) is 5. The predicted molar refractivity (Wildman–Crippen MR) is 96.4 cm³/mol. The van der Waals surface area contributed by atoms with Gasteiger partial charge >= 0.3 is 0 Å². The average Bonchev–Trinajstić information content (AvgIpc) is 2.60. The number of hydrogen-bond donors (Lipinski definition) is 1. The van der Waals surface area contributed by atoms with E-state index in [1.54, 1.807) is 6.20 Å². The fourth-order valence-electron chi connectivity index (χ4n) is 2.68. The molecule has 24 heavy (non-hydrogen) atoms. The zero-order chi connectivity index (χ0) is 16.8. The van der Waals surface area contributed by atoms with Gasteiger partial charge in [-0.2, -0.15) is 0 Å². The van der Waals surface area contributed by atoms with E-state index in [1.165, 1.54) is 5.56 Å². The van der Waals surface area contributed by atoms with Crippen molar-refractivity contribution in [2.45, 2.75) is 19.8 Å². The largest absolute Gasteiger partial charge is 0.475 e. The lowest BCUT2D eigenvalue weighted by molar-refractivity contribution is 0.0969. The summed E-state index contributed by atoms with van der Waals surface area (Å²) < 4.78 is 11.4. The Morgan fingerprint density at radius 1 is 1.00 bits per heavy atom. The van der Waals surface area contributed by atoms with Crippen LogP contribution in [0.3, 0.4) is 0 Å². The quantitative estimate of drug-likeness (QED) is 0.508. The standard InChI is InChI=1S/C19H23N3O2/c1-14-4-5-15-17-13-21-8-6-16(17)19(22-18(15)12-14)24-11-10-23-9-3-2-7-20/h4-6,8,12-13H,2-3,7,9-11,20H2,1H3. The maximum atomic E-state index is 5.89. The van der Waals surface area contributed by atoms with E-state index in [-0.39, 0.29) is 0 Å². The van der Waals surface area contributed by atoms with Crippen LogP contribution >= 0.6 is 0 Å². The number of ether oxygens (including phenoxy) is 2. The van der Waals surface area contributed by atoms with Crippen LogP contribution in [0.2, 0.25) is 0 Å². The number of aromatic nitrogens is 2. The molecule has 3 aromatic rings. The first-order chi connectivity index (χ1) is 11.8. The van der Waals surface area contributed by atoms with E-state index in [4.69, 9.17) is 15.2 Å². The second-order valence-corrected chi connectivity index (χ2v) is 5.82. The van der Waals surface area contributed by atoms with Gasteiger partial charge in [0.2, 0.25) is 5.88 Å². The molecule has 0 radical (unpaired) electrons. The molecule has 2 N–H and O–H groups in total. The zero-order valence-corrected chi connectivity index (χ0v) is 14.0. The smallest absolute Gasteiger partial charge is 0.222 e. The topological polar surface area (TPSA) is 70.3 Å². The van der Waals surface area contributed by atoms with E-state index in [0.717, 1.165) is 41.1 Å². The van der Waals surface area contributed by atoms with Gasteiger partial charge in [0.05, 0.1) is 12.1 Å². The Kier molecular flexibility index (Phi) is 5.56. The van der Waals surface area contributed by atoms with E-state index in [0.29, 0.717) is 25.6 Å². The van der Waals surface area contributed by atoms with Crippen LogP contribution < -0.4 is 10.5 Å². The molecule has 0 aliphatic carbocycles. The lowest BCUT2D eigenvalue weighted by Crippen LogP contribution is -2.09. The molecule has 0 amide bonds. The number of aryl methyl sites for hydroxylation is 1. The van der Waals surface area contributed by atoms with E-state index in [1.807, 2.05) is 12.3 Å². The molecule has 5 heteroatoms. The van der Waals surface area contributed by atoms with Crippen LogP contribution in [0.15, 0.2) is 36.7 Å². The lowest BCUT2D eigenvalue weighted by atomic mass is 10.1. The molecule has 2 heterocycles. The summed E-state index contributed by atoms with van der Waals surface area (Å²) in [6.45, 7) is 4.51. The summed E-state index contributed by atoms with van der Waals surface area (Å²) in [7, 11) is 0. The molecule has 0 unspecified atom stereocenters. The summed E-state index contributed by atoms with van der Waals surface area (Å²) >= 11 is 0. The number of nitrogens with two attached hydrogens (primary N) is 1. The van der Waals surface area contributed by atoms with Gasteiger partial charge in [-0.25, -0.2) is 4.98 Å². The molecule has 0 bridgehead atoms. The molecule has 3 rings (SSSR count). The minimum absolute atomic E-state index is 0.477. The van der Waals surface area contributed by atoms with Crippen LogP contribution in [-0.4, -0.2) is 36.3 Å². The Labute approximate surface area is 141 Å². The van der Waals surface area contributed by atoms with Crippen molar-refractivity contribution in [3.05, 3.63) is 42.2 Å². The molecule has 5 nitrogen and oxygen atoms in total. The van der Waals surface area contributed by atoms with Gasteiger partial charge in [-0.05, 0) is 44.0 Å². The highest BCUT2D eigenvalue weighted by atomic mass is 16.5. The van der Waals surface area contributed by atoms with Gasteiger partial charge < -0.3 is 15.2 Å². The van der Waals surface area contributed by atoms with Crippen molar-refractivity contribution in [3.8, 4) is 5.88 Å². The minimum atomic E-state index is 0.477. The number of unbranched alkanes of at least 4 members (excludes halogenated alkanes) is 1. The normalized spacial score (nSPS) is 11.2. The Hall–Kier alpha value is -2.24. The average molecular weight is 325 g/mol. The third-order valence-corrected chi connectivity index (χ3v) is 3.93. The molecular weight excluding hydrogens is 302 g/mol. The Morgan fingerprint density at radius 2 is 1.92 bits per heavy atom. The Bertz CT molecular complexity index is 820. The summed E-state index contributed by atoms with van der Waals surface area (Å²) in [4.78, 5) is 8.94. The first kappa shape index (κ1) is 16.6. The van der Waals surface area contributed by atoms with Gasteiger partial charge in [-0.1, -0.05) is 12.1 Å². The number of benzene rings is 1. The molecule has 0 saturated heterocycles. The summed E-state index contributed by atoms with van der Waals surface area (Å²) in [6.07, 6.45) is 5.60. The van der Waals surface area contributed by atoms with Crippen LogP contribution in [0.1, 0.15) is 18.4 Å². The molecule has 126 valence electrons. The van der Waals surface area contributed by atoms with Crippen molar-refractivity contribution >= 4 is 21.7 Å². The number of fused-ring (bicyclic) bond motifs is 3. The molecule has 2 aromatic heterocycles. The molecule has 0 fully saturated rings. The van der Waals surface area contributed by atoms with Gasteiger partial charge in [-0.15, -0.1) is 0 Å². The maximum Gasteiger partial charge on any atom is 0.222 e. The van der Waals surface area contributed by atoms with Gasteiger partial charge in [0.1, 0.15) is 6.61 Å². The van der Waals surface area contributed by atoms with Crippen molar-refractivity contribution in [1.82, 2.24) is 9.97 Å². The van der Waals surface area contributed by atoms with Crippen LogP contribution in [0.5, 0.6) is 5.88 Å². The van der Waals surface area contributed by atoms with Gasteiger partial charge in [0.25, 0.3) is 0 Å². The van der Waals surface area contributed by atoms with Gasteiger partial charge in [-0.3, -0.25) is 4.98 Å². The highest BCUT2D eigenvalue weighted by Crippen LogP contribution is 2.30. The summed E-state index contributed by atoms with van der Waals surface area (Å²) in [5, 5.41) is 3.12. The van der Waals surface area contributed by atoms with Gasteiger partial charge in [0.15, 0.2) is 0 Å². The summed E-state index contributed by atoms with van der Waals surface area (Å²) in [6, 6.07) is 8.19. The Balaban J connectivity index is 1.76. The maximum absolute atomic E-state index is 5.89. The second kappa shape index (κ2) is 8.04. The van der Waals surface area contributed by atoms with Crippen molar-refractivity contribution in [1.29, 1.82) is 0 Å². The number of pyridine rings is 2. The number of rotatable bonds is 8. The lowest BCUT2D eigenvalue weighted by Gasteiger charge is -2.11. The second-order valence-electron chi connectivity index (χ2n) is 5.82. The molecule has 0 spiro atoms. The zero-order valence-electron chi connectivity index (χ0n) is 14.0. The van der Waals surface area contributed by atoms with Crippen molar-refractivity contribution < 1.29 is 9.47 Å². The molecule has 0 aliphatic rings. The molecule has 0 saturated carbocycles. The van der Waals surface area contributed by atoms with Crippen LogP contribution in [0.4, 0.5) is 0 Å². The van der Waals surface area contributed by atoms with Crippen molar-refractivity contribution in [3.63, 3.8) is 0 Å². The van der Waals surface area contributed by atoms with Crippen LogP contribution in [-0.2, 0) is 4.74 Å². The van der Waals surface area contributed by atoms with Crippen LogP contribution in [0.25, 0.3) is 21.7 Å². The van der Waals surface area contributed by atoms with E-state index < -0.39 is 0 Å². The van der Waals surface area contributed by atoms with E-state index in [2.05, 4.69) is 35.1 Å². The van der Waals surface area contributed by atoms with Crippen LogP contribution in [0, 0.1) is 6.92 Å². The SMILES string of the molecule is Cc1ccc2c(c1)nc(OCCOCCCCN)c1ccncc12. The molecule has 1 aromatic carbocycles. The monoisotopic (exact) mass is 325 g/mol. The highest BCUT2D eigenvalue weighted by Gasteiger charge is 2.09. The molecule has 0 aliphatic heterocycles. The predicted octanol–water partition coefficient (Wildman–Crippen LogP) is 3.23. The fourth-order valence-corrected chi connectivity index (χ4v) is 2.68. The summed E-state index contributed by atoms with van der Waals surface area (Å²) in [5.74, 6) is 0.635. The molecular formula is C19H23N3O2. The third-order valence-electron chi connectivity index (χ3n) is 3.93. The van der Waals surface area contributed by atoms with E-state index >= 15 is 0 Å². The van der Waals surface area contributed by atoms with Crippen molar-refractivity contribution in [2.75, 3.05) is 26.4 Å². The van der Waals surface area contributed by atoms with Gasteiger partial charge in [0, 0.05) is 35.2 Å². The Morgan fingerprint density at radius 3 is 2.79 bits per heavy atom. The minimum Gasteiger partial charge on any atom is -0.475 e. The van der Waals surface area contributed by atoms with E-state index in [9.17, 15) is 0 Å². The van der Waals surface area contributed by atoms with Crippen molar-refractivity contribution in [2.24, 2.45) is 5.73 Å². The molecule has 0 atom stereocenters. The number of nitrogens with zero attached hydrogens (tertiary/aromatic N) is 2. The summed E-state index contributed by atoms with van der Waals surface area (Å²) in [5.41, 5.74) is 7.56. The first-order valence-electron chi connectivity index (χ1n) is 8.34.